The molecule has 7 nitrogen and oxygen atoms in total. The van der Waals surface area contributed by atoms with E-state index in [9.17, 15) is 9.59 Å². The van der Waals surface area contributed by atoms with E-state index >= 15 is 0 Å². The monoisotopic (exact) mass is 341 g/mol. The number of nitrogens with one attached hydrogen (secondary N) is 1. The molecule has 0 atom stereocenters. The molecule has 2 amide bonds. The van der Waals surface area contributed by atoms with Gasteiger partial charge in [0.2, 0.25) is 0 Å². The van der Waals surface area contributed by atoms with E-state index in [0.29, 0.717) is 43.3 Å². The number of nitrogens with zero attached hydrogens (tertiary/aromatic N) is 2. The van der Waals surface area contributed by atoms with Gasteiger partial charge in [-0.05, 0) is 24.3 Å². The maximum atomic E-state index is 12.5. The molecule has 1 fully saturated rings. The Kier molecular flexibility index (Phi) is 5.25. The summed E-state index contributed by atoms with van der Waals surface area (Å²) in [5.74, 6) is 0.132. The van der Waals surface area contributed by atoms with Gasteiger partial charge >= 0.3 is 0 Å². The number of hydrogen-bond acceptors (Lipinski definition) is 5. The lowest BCUT2D eigenvalue weighted by Crippen LogP contribution is -2.40. The molecule has 3 rings (SSSR count). The second-order valence-electron chi connectivity index (χ2n) is 5.52. The number of carbonyl (C=O) groups excluding carboxylic acids is 2. The van der Waals surface area contributed by atoms with Crippen molar-refractivity contribution >= 4 is 17.5 Å². The van der Waals surface area contributed by atoms with Crippen molar-refractivity contribution < 1.29 is 19.1 Å². The van der Waals surface area contributed by atoms with Crippen LogP contribution in [-0.2, 0) is 4.74 Å². The Morgan fingerprint density at radius 3 is 2.76 bits per heavy atom. The highest BCUT2D eigenvalue weighted by molar-refractivity contribution is 6.04. The van der Waals surface area contributed by atoms with E-state index in [-0.39, 0.29) is 17.5 Å². The molecule has 0 unspecified atom stereocenters. The van der Waals surface area contributed by atoms with Gasteiger partial charge in [-0.15, -0.1) is 0 Å². The normalized spacial score (nSPS) is 14.0. The Hall–Kier alpha value is -2.93. The lowest BCUT2D eigenvalue weighted by atomic mass is 10.2. The second-order valence-corrected chi connectivity index (χ2v) is 5.52. The number of aromatic nitrogens is 1. The fraction of sp³-hybridized carbons (Fsp3) is 0.278. The molecule has 1 aromatic heterocycles. The number of carbonyl (C=O) groups is 2. The highest BCUT2D eigenvalue weighted by Crippen LogP contribution is 2.17. The van der Waals surface area contributed by atoms with Crippen molar-refractivity contribution in [3.05, 3.63) is 53.9 Å². The maximum absolute atomic E-state index is 12.5. The number of benzene rings is 1. The van der Waals surface area contributed by atoms with E-state index in [4.69, 9.17) is 9.47 Å². The Bertz CT molecular complexity index is 772. The van der Waals surface area contributed by atoms with Gasteiger partial charge in [-0.3, -0.25) is 14.6 Å². The molecule has 2 aromatic rings. The summed E-state index contributed by atoms with van der Waals surface area (Å²) in [6.07, 6.45) is 1.47. The summed E-state index contributed by atoms with van der Waals surface area (Å²) >= 11 is 0. The fourth-order valence-corrected chi connectivity index (χ4v) is 2.53. The first kappa shape index (κ1) is 16.9. The minimum atomic E-state index is -0.384. The maximum Gasteiger partial charge on any atom is 0.274 e. The first-order valence-corrected chi connectivity index (χ1v) is 7.96. The molecule has 1 aliphatic heterocycles. The standard InChI is InChI=1S/C18H19N3O4/c1-24-15-4-2-3-14(12-15)20-17(22)16-11-13(5-6-19-16)18(23)21-7-9-25-10-8-21/h2-6,11-12H,7-10H2,1H3,(H,20,22). The van der Waals surface area contributed by atoms with Crippen LogP contribution in [0.2, 0.25) is 0 Å². The van der Waals surface area contributed by atoms with Crippen LogP contribution in [0.4, 0.5) is 5.69 Å². The van der Waals surface area contributed by atoms with Crippen molar-refractivity contribution in [2.24, 2.45) is 0 Å². The molecule has 0 saturated carbocycles. The topological polar surface area (TPSA) is 80.8 Å². The summed E-state index contributed by atoms with van der Waals surface area (Å²) in [5.41, 5.74) is 1.21. The van der Waals surface area contributed by atoms with Gasteiger partial charge < -0.3 is 19.7 Å². The van der Waals surface area contributed by atoms with Gasteiger partial charge in [0, 0.05) is 36.6 Å². The van der Waals surface area contributed by atoms with Gasteiger partial charge in [-0.25, -0.2) is 0 Å². The Morgan fingerprint density at radius 1 is 1.20 bits per heavy atom. The van der Waals surface area contributed by atoms with E-state index in [1.807, 2.05) is 0 Å². The highest BCUT2D eigenvalue weighted by atomic mass is 16.5. The predicted molar refractivity (Wildman–Crippen MR) is 91.9 cm³/mol. The zero-order valence-electron chi connectivity index (χ0n) is 13.9. The third-order valence-electron chi connectivity index (χ3n) is 3.87. The summed E-state index contributed by atoms with van der Waals surface area (Å²) in [4.78, 5) is 30.7. The molecule has 25 heavy (non-hydrogen) atoms. The number of pyridine rings is 1. The van der Waals surface area contributed by atoms with Crippen molar-refractivity contribution in [3.8, 4) is 5.75 Å². The molecule has 1 saturated heterocycles. The molecule has 1 aliphatic rings. The first-order valence-electron chi connectivity index (χ1n) is 7.96. The SMILES string of the molecule is COc1cccc(NC(=O)c2cc(C(=O)N3CCOCC3)ccn2)c1. The van der Waals surface area contributed by atoms with Crippen LogP contribution < -0.4 is 10.1 Å². The summed E-state index contributed by atoms with van der Waals surface area (Å²) in [6, 6.07) is 10.1. The van der Waals surface area contributed by atoms with E-state index in [1.165, 1.54) is 12.3 Å². The molecule has 0 aliphatic carbocycles. The Labute approximate surface area is 145 Å². The van der Waals surface area contributed by atoms with Crippen LogP contribution in [-0.4, -0.2) is 55.1 Å². The molecule has 1 aromatic carbocycles. The minimum absolute atomic E-state index is 0.124. The molecule has 2 heterocycles. The third-order valence-corrected chi connectivity index (χ3v) is 3.87. The third kappa shape index (κ3) is 4.13. The lowest BCUT2D eigenvalue weighted by molar-refractivity contribution is 0.0303. The zero-order valence-corrected chi connectivity index (χ0v) is 13.9. The minimum Gasteiger partial charge on any atom is -0.497 e. The van der Waals surface area contributed by atoms with Crippen LogP contribution in [0.1, 0.15) is 20.8 Å². The fourth-order valence-electron chi connectivity index (χ4n) is 2.53. The van der Waals surface area contributed by atoms with Crippen molar-refractivity contribution in [2.45, 2.75) is 0 Å². The van der Waals surface area contributed by atoms with Crippen LogP contribution in [0.5, 0.6) is 5.75 Å². The lowest BCUT2D eigenvalue weighted by Gasteiger charge is -2.26. The van der Waals surface area contributed by atoms with Crippen LogP contribution in [0, 0.1) is 0 Å². The largest absolute Gasteiger partial charge is 0.497 e. The van der Waals surface area contributed by atoms with Crippen molar-refractivity contribution in [2.75, 3.05) is 38.7 Å². The van der Waals surface area contributed by atoms with Crippen molar-refractivity contribution in [1.82, 2.24) is 9.88 Å². The second kappa shape index (κ2) is 7.76. The van der Waals surface area contributed by atoms with E-state index < -0.39 is 0 Å². The van der Waals surface area contributed by atoms with Gasteiger partial charge in [0.05, 0.1) is 20.3 Å². The molecule has 0 bridgehead atoms. The predicted octanol–water partition coefficient (Wildman–Crippen LogP) is 1.81. The number of methoxy groups -OCH3 is 1. The Morgan fingerprint density at radius 2 is 2.00 bits per heavy atom. The summed E-state index contributed by atoms with van der Waals surface area (Å²) in [7, 11) is 1.56. The van der Waals surface area contributed by atoms with Crippen molar-refractivity contribution in [3.63, 3.8) is 0 Å². The number of rotatable bonds is 4. The van der Waals surface area contributed by atoms with Gasteiger partial charge in [-0.1, -0.05) is 6.07 Å². The molecular weight excluding hydrogens is 322 g/mol. The smallest absolute Gasteiger partial charge is 0.274 e. The Balaban J connectivity index is 1.73. The van der Waals surface area contributed by atoms with Gasteiger partial charge in [-0.2, -0.15) is 0 Å². The van der Waals surface area contributed by atoms with Crippen molar-refractivity contribution in [1.29, 1.82) is 0 Å². The van der Waals surface area contributed by atoms with E-state index in [0.717, 1.165) is 0 Å². The first-order chi connectivity index (χ1) is 12.2. The summed E-state index contributed by atoms with van der Waals surface area (Å²) < 4.78 is 10.4. The van der Waals surface area contributed by atoms with E-state index in [1.54, 1.807) is 42.3 Å². The van der Waals surface area contributed by atoms with Crippen LogP contribution in [0.25, 0.3) is 0 Å². The zero-order chi connectivity index (χ0) is 17.6. The van der Waals surface area contributed by atoms with Crippen LogP contribution >= 0.6 is 0 Å². The molecular formula is C18H19N3O4. The summed E-state index contributed by atoms with van der Waals surface area (Å²) in [5, 5.41) is 2.75. The number of ether oxygens (including phenoxy) is 2. The average Bonchev–Trinajstić information content (AvgIpc) is 2.68. The average molecular weight is 341 g/mol. The number of anilines is 1. The highest BCUT2D eigenvalue weighted by Gasteiger charge is 2.20. The van der Waals surface area contributed by atoms with Gasteiger partial charge in [0.15, 0.2) is 0 Å². The molecule has 1 N–H and O–H groups in total. The van der Waals surface area contributed by atoms with Gasteiger partial charge in [0.25, 0.3) is 11.8 Å². The molecule has 7 heteroatoms. The van der Waals surface area contributed by atoms with Crippen LogP contribution in [0.15, 0.2) is 42.6 Å². The molecule has 130 valence electrons. The number of morpholine rings is 1. The van der Waals surface area contributed by atoms with Crippen LogP contribution in [0.3, 0.4) is 0 Å². The number of hydrogen-bond donors (Lipinski definition) is 1. The molecule has 0 radical (unpaired) electrons. The van der Waals surface area contributed by atoms with E-state index in [2.05, 4.69) is 10.3 Å². The molecule has 0 spiro atoms. The summed E-state index contributed by atoms with van der Waals surface area (Å²) in [6.45, 7) is 2.15. The quantitative estimate of drug-likeness (QED) is 0.917. The van der Waals surface area contributed by atoms with Gasteiger partial charge in [0.1, 0.15) is 11.4 Å². The number of amides is 2.